The topological polar surface area (TPSA) is 150 Å². The first kappa shape index (κ1) is 41.5. The van der Waals surface area contributed by atoms with Gasteiger partial charge in [0.05, 0.1) is 60.8 Å². The molecule has 59 heavy (non-hydrogen) atoms. The van der Waals surface area contributed by atoms with Crippen molar-refractivity contribution < 1.29 is 55.7 Å². The van der Waals surface area contributed by atoms with Gasteiger partial charge < -0.3 is 28.8 Å². The van der Waals surface area contributed by atoms with Crippen molar-refractivity contribution in [3.63, 3.8) is 0 Å². The highest BCUT2D eigenvalue weighted by Crippen LogP contribution is 2.38. The third-order valence-electron chi connectivity index (χ3n) is 10.6. The van der Waals surface area contributed by atoms with Gasteiger partial charge in [0.2, 0.25) is 11.9 Å². The van der Waals surface area contributed by atoms with Crippen molar-refractivity contribution in [2.24, 2.45) is 5.92 Å². The molecule has 3 aliphatic rings. The molecule has 1 unspecified atom stereocenters. The van der Waals surface area contributed by atoms with Gasteiger partial charge in [0, 0.05) is 30.0 Å². The summed E-state index contributed by atoms with van der Waals surface area (Å²) in [6, 6.07) is 12.0. The number of halogens is 4. The molecule has 7 rings (SSSR count). The highest BCUT2D eigenvalue weighted by molar-refractivity contribution is 6.23. The molecule has 1 aliphatic carbocycles. The van der Waals surface area contributed by atoms with E-state index in [0.29, 0.717) is 68.4 Å². The van der Waals surface area contributed by atoms with Crippen molar-refractivity contribution in [3.05, 3.63) is 101 Å². The number of nitrogens with zero attached hydrogens (tertiary/aromatic N) is 3. The molecular formula is C42H43F4N5O8. The first-order valence-electron chi connectivity index (χ1n) is 19.4. The van der Waals surface area contributed by atoms with Gasteiger partial charge in [0.1, 0.15) is 24.2 Å². The summed E-state index contributed by atoms with van der Waals surface area (Å²) in [5.41, 5.74) is 0.803. The van der Waals surface area contributed by atoms with Gasteiger partial charge >= 0.3 is 6.18 Å². The number of benzene rings is 3. The smallest absolute Gasteiger partial charge is 0.416 e. The number of imide groups is 1. The number of nitrogens with one attached hydrogen (secondary N) is 2. The molecule has 3 aromatic carbocycles. The van der Waals surface area contributed by atoms with E-state index < -0.39 is 47.2 Å². The van der Waals surface area contributed by atoms with E-state index in [2.05, 4.69) is 22.2 Å². The number of fused-ring (bicyclic) bond motifs is 2. The minimum Gasteiger partial charge on any atom is -0.491 e. The molecule has 4 aromatic rings. The minimum absolute atomic E-state index is 0.0831. The quantitative estimate of drug-likeness (QED) is 0.0716. The summed E-state index contributed by atoms with van der Waals surface area (Å²) < 4.78 is 78.6. The lowest BCUT2D eigenvalue weighted by atomic mass is 9.86. The molecule has 4 amide bonds. The number of hydrogen-bond acceptors (Lipinski definition) is 9. The maximum Gasteiger partial charge on any atom is 0.416 e. The Kier molecular flexibility index (Phi) is 12.7. The van der Waals surface area contributed by atoms with E-state index in [1.165, 1.54) is 36.4 Å². The van der Waals surface area contributed by atoms with Gasteiger partial charge in [0.15, 0.2) is 0 Å². The number of carbonyl (C=O) groups is 4. The number of rotatable bonds is 16. The number of alkyl halides is 3. The van der Waals surface area contributed by atoms with E-state index in [9.17, 15) is 36.7 Å². The van der Waals surface area contributed by atoms with Crippen molar-refractivity contribution in [1.29, 1.82) is 0 Å². The SMILES string of the molecule is C=C1CCC(N2C(=O)c3ccc(OCCOCCOCCOC[C@H]4CC[C@@H](n5c(NC(=O)c6cccc(C(F)(F)F)c6)nc6cc(F)ccc65)CC4)cc3C2=O)C(=O)N1. The summed E-state index contributed by atoms with van der Waals surface area (Å²) >= 11 is 0. The first-order chi connectivity index (χ1) is 28.4. The molecule has 0 radical (unpaired) electrons. The van der Waals surface area contributed by atoms with Crippen LogP contribution in [0.3, 0.4) is 0 Å². The van der Waals surface area contributed by atoms with Crippen LogP contribution in [-0.2, 0) is 25.2 Å². The second kappa shape index (κ2) is 18.1. The molecule has 0 spiro atoms. The minimum atomic E-state index is -4.60. The van der Waals surface area contributed by atoms with Gasteiger partial charge in [-0.3, -0.25) is 29.4 Å². The summed E-state index contributed by atoms with van der Waals surface area (Å²) in [5.74, 6) is -1.89. The predicted molar refractivity (Wildman–Crippen MR) is 205 cm³/mol. The van der Waals surface area contributed by atoms with E-state index in [1.54, 1.807) is 12.1 Å². The average molecular weight is 822 g/mol. The zero-order valence-electron chi connectivity index (χ0n) is 32.0. The highest BCUT2D eigenvalue weighted by atomic mass is 19.4. The maximum atomic E-state index is 14.1. The molecule has 17 heteroatoms. The van der Waals surface area contributed by atoms with Crippen LogP contribution < -0.4 is 15.4 Å². The van der Waals surface area contributed by atoms with Crippen LogP contribution in [0.4, 0.5) is 23.5 Å². The van der Waals surface area contributed by atoms with Crippen molar-refractivity contribution in [2.45, 2.75) is 56.8 Å². The Morgan fingerprint density at radius 2 is 1.56 bits per heavy atom. The van der Waals surface area contributed by atoms with Crippen LogP contribution in [-0.4, -0.2) is 90.4 Å². The molecule has 2 N–H and O–H groups in total. The maximum absolute atomic E-state index is 14.1. The zero-order valence-corrected chi connectivity index (χ0v) is 32.0. The van der Waals surface area contributed by atoms with Crippen LogP contribution in [0.15, 0.2) is 72.9 Å². The molecular weight excluding hydrogens is 778 g/mol. The monoisotopic (exact) mass is 821 g/mol. The predicted octanol–water partition coefficient (Wildman–Crippen LogP) is 6.69. The molecule has 1 saturated heterocycles. The molecule has 1 aromatic heterocycles. The van der Waals surface area contributed by atoms with E-state index in [0.717, 1.165) is 42.7 Å². The fourth-order valence-corrected chi connectivity index (χ4v) is 7.64. The van der Waals surface area contributed by atoms with Crippen molar-refractivity contribution >= 4 is 40.6 Å². The number of carbonyl (C=O) groups excluding carboxylic acids is 4. The second-order valence-electron chi connectivity index (χ2n) is 14.6. The number of ether oxygens (including phenoxy) is 4. The number of piperidine rings is 1. The Morgan fingerprint density at radius 3 is 2.29 bits per heavy atom. The lowest BCUT2D eigenvalue weighted by Crippen LogP contribution is -2.51. The average Bonchev–Trinajstić information content (AvgIpc) is 3.68. The first-order valence-corrected chi connectivity index (χ1v) is 19.4. The van der Waals surface area contributed by atoms with Gasteiger partial charge in [-0.1, -0.05) is 12.6 Å². The second-order valence-corrected chi connectivity index (χ2v) is 14.6. The van der Waals surface area contributed by atoms with E-state index in [1.807, 2.05) is 4.57 Å². The summed E-state index contributed by atoms with van der Waals surface area (Å²) in [6.07, 6.45) is -0.720. The number of aromatic nitrogens is 2. The summed E-state index contributed by atoms with van der Waals surface area (Å²) in [7, 11) is 0. The Balaban J connectivity index is 0.784. The third-order valence-corrected chi connectivity index (χ3v) is 10.6. The number of allylic oxidation sites excluding steroid dienone is 1. The molecule has 0 bridgehead atoms. The van der Waals surface area contributed by atoms with Crippen LogP contribution in [0.1, 0.15) is 81.2 Å². The normalized spacial score (nSPS) is 19.6. The largest absolute Gasteiger partial charge is 0.491 e. The molecule has 2 fully saturated rings. The fourth-order valence-electron chi connectivity index (χ4n) is 7.64. The molecule has 1 atom stereocenters. The molecule has 13 nitrogen and oxygen atoms in total. The number of amides is 4. The van der Waals surface area contributed by atoms with Crippen LogP contribution in [0, 0.1) is 11.7 Å². The molecule has 1 saturated carbocycles. The number of hydrogen-bond donors (Lipinski definition) is 2. The third kappa shape index (κ3) is 9.64. The van der Waals surface area contributed by atoms with Crippen LogP contribution in [0.25, 0.3) is 11.0 Å². The number of imidazole rings is 1. The molecule has 2 aliphatic heterocycles. The zero-order chi connectivity index (χ0) is 41.7. The summed E-state index contributed by atoms with van der Waals surface area (Å²) in [4.78, 5) is 56.9. The van der Waals surface area contributed by atoms with E-state index in [4.69, 9.17) is 18.9 Å². The Hall–Kier alpha value is -5.65. The van der Waals surface area contributed by atoms with Crippen LogP contribution in [0.2, 0.25) is 0 Å². The Labute approximate surface area is 336 Å². The van der Waals surface area contributed by atoms with Gasteiger partial charge in [-0.15, -0.1) is 0 Å². The summed E-state index contributed by atoms with van der Waals surface area (Å²) in [6.45, 7) is 6.17. The van der Waals surface area contributed by atoms with Gasteiger partial charge in [0.25, 0.3) is 17.7 Å². The summed E-state index contributed by atoms with van der Waals surface area (Å²) in [5, 5.41) is 5.27. The van der Waals surface area contributed by atoms with Gasteiger partial charge in [-0.2, -0.15) is 13.2 Å². The van der Waals surface area contributed by atoms with Crippen molar-refractivity contribution in [3.8, 4) is 5.75 Å². The number of anilines is 1. The van der Waals surface area contributed by atoms with Crippen LogP contribution >= 0.6 is 0 Å². The standard InChI is InChI=1S/C42H43F4N5O8/c1-25-5-13-36(38(53)47-25)51-39(54)32-12-11-31(23-33(32)40(51)55)59-20-19-57-16-15-56-17-18-58-24-26-6-9-30(10-7-26)50-35-14-8-29(43)22-34(35)48-41(50)49-37(52)27-3-2-4-28(21-27)42(44,45)46/h2-4,8,11-12,14,21-23,26,30,36H,1,5-7,9-10,13,15-20,24H2,(H,47,53)(H,48,49,52)/t26-,30+,36?. The molecule has 3 heterocycles. The lowest BCUT2D eigenvalue weighted by Gasteiger charge is -2.30. The fraction of sp³-hybridized carbons (Fsp3) is 0.405. The molecule has 312 valence electrons. The van der Waals surface area contributed by atoms with Gasteiger partial charge in [-0.05, 0) is 93.0 Å². The van der Waals surface area contributed by atoms with E-state index >= 15 is 0 Å². The van der Waals surface area contributed by atoms with Crippen LogP contribution in [0.5, 0.6) is 5.75 Å². The lowest BCUT2D eigenvalue weighted by molar-refractivity contribution is -0.137. The Morgan fingerprint density at radius 1 is 0.847 bits per heavy atom. The highest BCUT2D eigenvalue weighted by Gasteiger charge is 2.44. The van der Waals surface area contributed by atoms with E-state index in [-0.39, 0.29) is 47.8 Å². The Bertz CT molecular complexity index is 2240. The van der Waals surface area contributed by atoms with Crippen molar-refractivity contribution in [2.75, 3.05) is 51.6 Å². The van der Waals surface area contributed by atoms with Crippen molar-refractivity contribution in [1.82, 2.24) is 19.8 Å². The van der Waals surface area contributed by atoms with Gasteiger partial charge in [-0.25, -0.2) is 9.37 Å².